The molecule has 1 heterocycles. The van der Waals surface area contributed by atoms with Crippen LogP contribution in [0.4, 0.5) is 0 Å². The Morgan fingerprint density at radius 3 is 2.35 bits per heavy atom. The topological polar surface area (TPSA) is 12.9 Å². The van der Waals surface area contributed by atoms with Crippen LogP contribution in [0, 0.1) is 0 Å². The van der Waals surface area contributed by atoms with E-state index in [0.29, 0.717) is 0 Å². The van der Waals surface area contributed by atoms with E-state index in [-0.39, 0.29) is 5.41 Å². The first-order valence-electron chi connectivity index (χ1n) is 5.64. The number of benzene rings is 1. The van der Waals surface area contributed by atoms with Gasteiger partial charge in [-0.15, -0.1) is 11.3 Å². The second-order valence-electron chi connectivity index (χ2n) is 5.18. The van der Waals surface area contributed by atoms with Gasteiger partial charge in [-0.25, -0.2) is 4.98 Å². The van der Waals surface area contributed by atoms with Gasteiger partial charge in [-0.1, -0.05) is 48.8 Å². The number of hydrogen-bond acceptors (Lipinski definition) is 2. The Morgan fingerprint density at radius 1 is 1.18 bits per heavy atom. The molecule has 1 nitrogen and oxygen atoms in total. The Balaban J connectivity index is 2.14. The highest BCUT2D eigenvalue weighted by molar-refractivity contribution is 9.10. The maximum Gasteiger partial charge on any atom is 0.0972 e. The zero-order valence-corrected chi connectivity index (χ0v) is 12.7. The maximum absolute atomic E-state index is 4.71. The molecule has 0 bridgehead atoms. The third kappa shape index (κ3) is 3.39. The highest BCUT2D eigenvalue weighted by atomic mass is 79.9. The van der Waals surface area contributed by atoms with Crippen molar-refractivity contribution in [3.63, 3.8) is 0 Å². The maximum atomic E-state index is 4.71. The van der Waals surface area contributed by atoms with Gasteiger partial charge in [-0.3, -0.25) is 0 Å². The van der Waals surface area contributed by atoms with E-state index in [9.17, 15) is 0 Å². The zero-order chi connectivity index (χ0) is 12.5. The van der Waals surface area contributed by atoms with Crippen LogP contribution in [-0.4, -0.2) is 4.98 Å². The van der Waals surface area contributed by atoms with Crippen molar-refractivity contribution >= 4 is 27.3 Å². The number of nitrogens with zero attached hydrogens (tertiary/aromatic N) is 1. The number of aromatic nitrogens is 1. The van der Waals surface area contributed by atoms with Gasteiger partial charge in [0.05, 0.1) is 10.7 Å². The number of halogens is 1. The highest BCUT2D eigenvalue weighted by Crippen LogP contribution is 2.25. The van der Waals surface area contributed by atoms with Crippen molar-refractivity contribution in [3.05, 3.63) is 50.4 Å². The standard InChI is InChI=1S/C14H16BrNS/c1-14(2,3)12-9-17-13(16-12)8-10-4-6-11(15)7-5-10/h4-7,9H,8H2,1-3H3. The van der Waals surface area contributed by atoms with E-state index in [0.717, 1.165) is 10.9 Å². The molecule has 0 unspecified atom stereocenters. The lowest BCUT2D eigenvalue weighted by atomic mass is 9.93. The highest BCUT2D eigenvalue weighted by Gasteiger charge is 2.17. The van der Waals surface area contributed by atoms with E-state index in [1.165, 1.54) is 16.3 Å². The van der Waals surface area contributed by atoms with E-state index in [1.54, 1.807) is 11.3 Å². The van der Waals surface area contributed by atoms with Gasteiger partial charge in [-0.2, -0.15) is 0 Å². The molecule has 0 saturated heterocycles. The van der Waals surface area contributed by atoms with Crippen molar-refractivity contribution in [2.75, 3.05) is 0 Å². The normalized spacial score (nSPS) is 11.8. The van der Waals surface area contributed by atoms with Crippen molar-refractivity contribution in [2.24, 2.45) is 0 Å². The quantitative estimate of drug-likeness (QED) is 0.777. The Morgan fingerprint density at radius 2 is 1.82 bits per heavy atom. The summed E-state index contributed by atoms with van der Waals surface area (Å²) in [7, 11) is 0. The molecule has 0 spiro atoms. The van der Waals surface area contributed by atoms with Crippen LogP contribution in [0.25, 0.3) is 0 Å². The summed E-state index contributed by atoms with van der Waals surface area (Å²) in [4.78, 5) is 4.71. The SMILES string of the molecule is CC(C)(C)c1csc(Cc2ccc(Br)cc2)n1. The summed E-state index contributed by atoms with van der Waals surface area (Å²) in [6, 6.07) is 8.44. The van der Waals surface area contributed by atoms with Crippen molar-refractivity contribution in [3.8, 4) is 0 Å². The summed E-state index contributed by atoms with van der Waals surface area (Å²) >= 11 is 5.20. The molecule has 1 aromatic carbocycles. The molecule has 1 aromatic heterocycles. The van der Waals surface area contributed by atoms with E-state index in [1.807, 2.05) is 0 Å². The smallest absolute Gasteiger partial charge is 0.0972 e. The van der Waals surface area contributed by atoms with Crippen LogP contribution in [-0.2, 0) is 11.8 Å². The van der Waals surface area contributed by atoms with Gasteiger partial charge in [0.1, 0.15) is 0 Å². The lowest BCUT2D eigenvalue weighted by Gasteiger charge is -2.14. The minimum absolute atomic E-state index is 0.147. The van der Waals surface area contributed by atoms with Crippen molar-refractivity contribution in [2.45, 2.75) is 32.6 Å². The average molecular weight is 310 g/mol. The van der Waals surface area contributed by atoms with Crippen LogP contribution >= 0.6 is 27.3 Å². The molecule has 17 heavy (non-hydrogen) atoms. The van der Waals surface area contributed by atoms with Crippen LogP contribution in [0.1, 0.15) is 37.0 Å². The third-order valence-electron chi connectivity index (χ3n) is 2.59. The summed E-state index contributed by atoms with van der Waals surface area (Å²) in [6.07, 6.45) is 0.925. The second-order valence-corrected chi connectivity index (χ2v) is 7.04. The lowest BCUT2D eigenvalue weighted by Crippen LogP contribution is -2.11. The molecule has 2 aromatic rings. The molecular formula is C14H16BrNS. The van der Waals surface area contributed by atoms with Crippen LogP contribution in [0.15, 0.2) is 34.1 Å². The molecule has 0 saturated carbocycles. The molecule has 2 rings (SSSR count). The average Bonchev–Trinajstić information content (AvgIpc) is 2.69. The lowest BCUT2D eigenvalue weighted by molar-refractivity contribution is 0.571. The van der Waals surface area contributed by atoms with Crippen molar-refractivity contribution in [1.29, 1.82) is 0 Å². The van der Waals surface area contributed by atoms with E-state index >= 15 is 0 Å². The van der Waals surface area contributed by atoms with E-state index < -0.39 is 0 Å². The molecule has 90 valence electrons. The summed E-state index contributed by atoms with van der Waals surface area (Å²) < 4.78 is 1.12. The summed E-state index contributed by atoms with van der Waals surface area (Å²) in [5, 5.41) is 3.37. The first kappa shape index (κ1) is 12.8. The van der Waals surface area contributed by atoms with Crippen LogP contribution in [0.5, 0.6) is 0 Å². The Hall–Kier alpha value is -0.670. The van der Waals surface area contributed by atoms with Gasteiger partial charge in [0, 0.05) is 21.7 Å². The molecule has 0 N–H and O–H groups in total. The summed E-state index contributed by atoms with van der Waals surface area (Å²) in [6.45, 7) is 6.60. The molecular weight excluding hydrogens is 294 g/mol. The molecule has 0 atom stereocenters. The van der Waals surface area contributed by atoms with E-state index in [4.69, 9.17) is 4.98 Å². The van der Waals surface area contributed by atoms with Gasteiger partial charge >= 0.3 is 0 Å². The van der Waals surface area contributed by atoms with Gasteiger partial charge in [0.25, 0.3) is 0 Å². The van der Waals surface area contributed by atoms with Gasteiger partial charge in [0.2, 0.25) is 0 Å². The van der Waals surface area contributed by atoms with Gasteiger partial charge in [0.15, 0.2) is 0 Å². The molecule has 0 fully saturated rings. The molecule has 0 aliphatic carbocycles. The first-order chi connectivity index (χ1) is 7.95. The minimum atomic E-state index is 0.147. The molecule has 3 heteroatoms. The predicted octanol–water partition coefficient (Wildman–Crippen LogP) is 4.79. The fourth-order valence-electron chi connectivity index (χ4n) is 1.51. The largest absolute Gasteiger partial charge is 0.245 e. The van der Waals surface area contributed by atoms with E-state index in [2.05, 4.69) is 66.3 Å². The van der Waals surface area contributed by atoms with Crippen LogP contribution in [0.3, 0.4) is 0 Å². The fraction of sp³-hybridized carbons (Fsp3) is 0.357. The van der Waals surface area contributed by atoms with Gasteiger partial charge in [-0.05, 0) is 17.7 Å². The first-order valence-corrected chi connectivity index (χ1v) is 7.32. The van der Waals surface area contributed by atoms with Crippen molar-refractivity contribution in [1.82, 2.24) is 4.98 Å². The number of thiazole rings is 1. The Bertz CT molecular complexity index is 494. The third-order valence-corrected chi connectivity index (χ3v) is 3.97. The summed E-state index contributed by atoms with van der Waals surface area (Å²) in [5.41, 5.74) is 2.65. The molecule has 0 aliphatic heterocycles. The second kappa shape index (κ2) is 4.91. The minimum Gasteiger partial charge on any atom is -0.245 e. The fourth-order valence-corrected chi connectivity index (χ4v) is 2.83. The van der Waals surface area contributed by atoms with Crippen LogP contribution in [0.2, 0.25) is 0 Å². The molecule has 0 amide bonds. The Kier molecular flexibility index (Phi) is 3.69. The molecule has 0 radical (unpaired) electrons. The monoisotopic (exact) mass is 309 g/mol. The number of hydrogen-bond donors (Lipinski definition) is 0. The van der Waals surface area contributed by atoms with Gasteiger partial charge < -0.3 is 0 Å². The zero-order valence-electron chi connectivity index (χ0n) is 10.3. The Labute approximate surface area is 115 Å². The summed E-state index contributed by atoms with van der Waals surface area (Å²) in [5.74, 6) is 0. The molecule has 0 aliphatic rings. The number of rotatable bonds is 2. The van der Waals surface area contributed by atoms with Crippen molar-refractivity contribution < 1.29 is 0 Å². The predicted molar refractivity (Wildman–Crippen MR) is 77.8 cm³/mol. The van der Waals surface area contributed by atoms with Crippen LogP contribution < -0.4 is 0 Å².